The van der Waals surface area contributed by atoms with E-state index in [1.807, 2.05) is 41.5 Å². The van der Waals surface area contributed by atoms with Gasteiger partial charge < -0.3 is 15.8 Å². The zero-order valence-electron chi connectivity index (χ0n) is 19.9. The average Bonchev–Trinajstić information content (AvgIpc) is 3.12. The van der Waals surface area contributed by atoms with E-state index in [1.54, 1.807) is 34.3 Å². The number of ether oxygens (including phenoxy) is 1. The Morgan fingerprint density at radius 1 is 1.24 bits per heavy atom. The van der Waals surface area contributed by atoms with E-state index in [2.05, 4.69) is 10.3 Å². The molecule has 0 aliphatic heterocycles. The van der Waals surface area contributed by atoms with Gasteiger partial charge in [-0.15, -0.1) is 23.7 Å². The van der Waals surface area contributed by atoms with Gasteiger partial charge in [0.2, 0.25) is 5.91 Å². The van der Waals surface area contributed by atoms with Crippen LogP contribution in [0.4, 0.5) is 5.69 Å². The molecule has 10 heteroatoms. The molecule has 2 amide bonds. The van der Waals surface area contributed by atoms with Crippen LogP contribution in [0, 0.1) is 18.3 Å². The summed E-state index contributed by atoms with van der Waals surface area (Å²) in [4.78, 5) is 41.4. The summed E-state index contributed by atoms with van der Waals surface area (Å²) < 4.78 is 6.81. The average molecular weight is 497 g/mol. The van der Waals surface area contributed by atoms with E-state index in [-0.39, 0.29) is 36.4 Å². The Hall–Kier alpha value is -2.49. The Labute approximate surface area is 204 Å². The van der Waals surface area contributed by atoms with Crippen LogP contribution < -0.4 is 15.9 Å². The molecule has 2 rings (SSSR count). The lowest BCUT2D eigenvalue weighted by Crippen LogP contribution is -2.37. The van der Waals surface area contributed by atoms with Gasteiger partial charge in [-0.3, -0.25) is 19.0 Å². The van der Waals surface area contributed by atoms with Gasteiger partial charge in [0, 0.05) is 29.2 Å². The summed E-state index contributed by atoms with van der Waals surface area (Å²) in [6.45, 7) is 11.4. The number of esters is 1. The van der Waals surface area contributed by atoms with Crippen LogP contribution in [0.5, 0.6) is 0 Å². The van der Waals surface area contributed by atoms with Crippen LogP contribution in [0.3, 0.4) is 0 Å². The summed E-state index contributed by atoms with van der Waals surface area (Å²) in [6, 6.07) is 4.32. The van der Waals surface area contributed by atoms with Crippen molar-refractivity contribution in [2.24, 2.45) is 22.1 Å². The number of rotatable bonds is 7. The number of benzene rings is 1. The second-order valence-electron chi connectivity index (χ2n) is 9.25. The molecule has 1 aromatic heterocycles. The van der Waals surface area contributed by atoms with Crippen molar-refractivity contribution in [3.63, 3.8) is 0 Å². The highest BCUT2D eigenvalue weighted by atomic mass is 35.5. The number of halogens is 1. The fourth-order valence-corrected chi connectivity index (χ4v) is 3.47. The number of amides is 2. The molecule has 0 aliphatic rings. The second-order valence-corrected chi connectivity index (χ2v) is 10.1. The van der Waals surface area contributed by atoms with E-state index >= 15 is 0 Å². The van der Waals surface area contributed by atoms with E-state index in [9.17, 15) is 14.4 Å². The summed E-state index contributed by atoms with van der Waals surface area (Å²) in [5.41, 5.74) is 7.51. The molecular formula is C23H33ClN4O4S. The first-order valence-electron chi connectivity index (χ1n) is 10.4. The van der Waals surface area contributed by atoms with Crippen LogP contribution >= 0.6 is 23.7 Å². The smallest absolute Gasteiger partial charge is 0.324 e. The molecule has 0 aliphatic carbocycles. The largest absolute Gasteiger partial charge is 0.443 e. The van der Waals surface area contributed by atoms with Gasteiger partial charge in [0.05, 0.1) is 0 Å². The Kier molecular flexibility index (Phi) is 10.5. The fraction of sp³-hybridized carbons (Fsp3) is 0.478. The molecule has 3 N–H and O–H groups in total. The predicted octanol–water partition coefficient (Wildman–Crippen LogP) is 3.88. The van der Waals surface area contributed by atoms with E-state index < -0.39 is 17.9 Å². The van der Waals surface area contributed by atoms with Crippen molar-refractivity contribution in [1.29, 1.82) is 0 Å². The van der Waals surface area contributed by atoms with Gasteiger partial charge in [0.1, 0.15) is 6.04 Å². The Morgan fingerprint density at radius 3 is 2.48 bits per heavy atom. The minimum absolute atomic E-state index is 0. The summed E-state index contributed by atoms with van der Waals surface area (Å²) in [5.74, 6) is -1.04. The zero-order valence-corrected chi connectivity index (χ0v) is 21.5. The van der Waals surface area contributed by atoms with Crippen molar-refractivity contribution >= 4 is 47.2 Å². The van der Waals surface area contributed by atoms with Gasteiger partial charge in [0.25, 0.3) is 5.91 Å². The van der Waals surface area contributed by atoms with Gasteiger partial charge in [-0.2, -0.15) is 4.99 Å². The highest BCUT2D eigenvalue weighted by Gasteiger charge is 2.19. The Balaban J connectivity index is 0.00000544. The first kappa shape index (κ1) is 28.5. The monoisotopic (exact) mass is 496 g/mol. The molecule has 1 atom stereocenters. The maximum absolute atomic E-state index is 12.7. The first-order valence-corrected chi connectivity index (χ1v) is 11.3. The molecule has 0 fully saturated rings. The molecule has 8 nitrogen and oxygen atoms in total. The molecule has 0 saturated carbocycles. The van der Waals surface area contributed by atoms with Crippen LogP contribution in [0.15, 0.2) is 34.8 Å². The number of nitrogens with two attached hydrogens (primary N) is 1. The molecule has 1 heterocycles. The Bertz CT molecular complexity index is 1050. The second kappa shape index (κ2) is 12.1. The number of nitrogens with one attached hydrogen (secondary N) is 1. The van der Waals surface area contributed by atoms with Crippen molar-refractivity contribution in [3.05, 3.63) is 45.7 Å². The lowest BCUT2D eigenvalue weighted by molar-refractivity contribution is -0.150. The maximum Gasteiger partial charge on any atom is 0.324 e. The number of carbonyl (C=O) groups is 3. The molecule has 0 radical (unpaired) electrons. The quantitative estimate of drug-likeness (QED) is 0.564. The van der Waals surface area contributed by atoms with Gasteiger partial charge in [-0.05, 0) is 42.0 Å². The number of anilines is 1. The van der Waals surface area contributed by atoms with Crippen LogP contribution in [0.25, 0.3) is 0 Å². The highest BCUT2D eigenvalue weighted by Crippen LogP contribution is 2.22. The van der Waals surface area contributed by atoms with Crippen molar-refractivity contribution in [1.82, 2.24) is 4.57 Å². The van der Waals surface area contributed by atoms with Crippen molar-refractivity contribution in [2.45, 2.75) is 60.7 Å². The van der Waals surface area contributed by atoms with Crippen LogP contribution in [-0.4, -0.2) is 28.4 Å². The third kappa shape index (κ3) is 8.75. The van der Waals surface area contributed by atoms with Crippen molar-refractivity contribution in [2.75, 3.05) is 5.32 Å². The molecular weight excluding hydrogens is 464 g/mol. The van der Waals surface area contributed by atoms with Gasteiger partial charge in [-0.25, -0.2) is 0 Å². The third-order valence-electron chi connectivity index (χ3n) is 4.63. The zero-order chi connectivity index (χ0) is 24.1. The van der Waals surface area contributed by atoms with E-state index in [0.717, 1.165) is 5.56 Å². The topological polar surface area (TPSA) is 116 Å². The minimum Gasteiger partial charge on any atom is -0.443 e. The normalized spacial score (nSPS) is 12.8. The summed E-state index contributed by atoms with van der Waals surface area (Å²) in [5, 5.41) is 4.64. The third-order valence-corrected chi connectivity index (χ3v) is 5.43. The van der Waals surface area contributed by atoms with Crippen LogP contribution in [0.1, 0.15) is 57.0 Å². The highest BCUT2D eigenvalue weighted by molar-refractivity contribution is 7.07. The molecule has 33 heavy (non-hydrogen) atoms. The number of aryl methyl sites for hydroxylation is 1. The summed E-state index contributed by atoms with van der Waals surface area (Å²) in [7, 11) is 0. The van der Waals surface area contributed by atoms with E-state index in [1.165, 1.54) is 11.3 Å². The van der Waals surface area contributed by atoms with Gasteiger partial charge in [-0.1, -0.05) is 34.6 Å². The first-order chi connectivity index (χ1) is 14.9. The number of aromatic nitrogens is 1. The summed E-state index contributed by atoms with van der Waals surface area (Å²) in [6.07, 6.45) is 2.08. The summed E-state index contributed by atoms with van der Waals surface area (Å²) >= 11 is 1.26. The Morgan fingerprint density at radius 2 is 1.91 bits per heavy atom. The molecule has 0 spiro atoms. The number of nitrogens with zero attached hydrogens (tertiary/aromatic N) is 2. The molecule has 0 bridgehead atoms. The number of hydrogen-bond acceptors (Lipinski definition) is 6. The van der Waals surface area contributed by atoms with E-state index in [4.69, 9.17) is 10.5 Å². The lowest BCUT2D eigenvalue weighted by atomic mass is 9.92. The molecule has 182 valence electrons. The molecule has 1 aromatic carbocycles. The lowest BCUT2D eigenvalue weighted by Gasteiger charge is -2.18. The standard InChI is InChI=1S/C23H32N4O4S.ClH/c1-14(2)19(24)21(30)31-13-27-9-10-32-22(27)26-20(29)16-7-8-17(15(3)11-16)25-18(28)12-23(4,5)6;/h7-11,14,19H,12-13,24H2,1-6H3,(H,25,28);1H/t19-;/m0./s1. The number of hydrogen-bond donors (Lipinski definition) is 2. The van der Waals surface area contributed by atoms with Crippen LogP contribution in [0.2, 0.25) is 0 Å². The van der Waals surface area contributed by atoms with Gasteiger partial charge >= 0.3 is 5.97 Å². The number of thiazole rings is 1. The number of carbonyl (C=O) groups excluding carboxylic acids is 3. The predicted molar refractivity (Wildman–Crippen MR) is 132 cm³/mol. The molecule has 0 saturated heterocycles. The molecule has 2 aromatic rings. The SMILES string of the molecule is Cc1cc(C(=O)N=c2sccn2COC(=O)[C@@H](N)C(C)C)ccc1NC(=O)CC(C)(C)C.Cl. The fourth-order valence-electron chi connectivity index (χ4n) is 2.75. The van der Waals surface area contributed by atoms with Crippen LogP contribution in [-0.2, 0) is 21.1 Å². The van der Waals surface area contributed by atoms with Crippen molar-refractivity contribution < 1.29 is 19.1 Å². The van der Waals surface area contributed by atoms with Gasteiger partial charge in [0.15, 0.2) is 11.5 Å². The maximum atomic E-state index is 12.7. The molecule has 0 unspecified atom stereocenters. The minimum atomic E-state index is -0.707. The van der Waals surface area contributed by atoms with Crippen molar-refractivity contribution in [3.8, 4) is 0 Å². The van der Waals surface area contributed by atoms with E-state index in [0.29, 0.717) is 22.5 Å².